The van der Waals surface area contributed by atoms with Gasteiger partial charge in [0.2, 0.25) is 5.91 Å². The highest BCUT2D eigenvalue weighted by Crippen LogP contribution is 2.42. The van der Waals surface area contributed by atoms with Crippen molar-refractivity contribution in [3.05, 3.63) is 35.4 Å². The van der Waals surface area contributed by atoms with Crippen molar-refractivity contribution in [2.75, 3.05) is 0 Å². The van der Waals surface area contributed by atoms with Gasteiger partial charge in [-0.1, -0.05) is 31.2 Å². The van der Waals surface area contributed by atoms with Crippen LogP contribution < -0.4 is 5.32 Å². The Morgan fingerprint density at radius 1 is 1.38 bits per heavy atom. The molecule has 1 aromatic rings. The molecule has 0 bridgehead atoms. The summed E-state index contributed by atoms with van der Waals surface area (Å²) in [5, 5.41) is 3.61. The van der Waals surface area contributed by atoms with E-state index >= 15 is 0 Å². The van der Waals surface area contributed by atoms with Crippen LogP contribution in [0, 0.1) is 12.8 Å². The summed E-state index contributed by atoms with van der Waals surface area (Å²) in [6.07, 6.45) is 3.35. The van der Waals surface area contributed by atoms with Crippen molar-refractivity contribution in [2.45, 2.75) is 64.7 Å². The first kappa shape index (κ1) is 14.6. The third-order valence-corrected chi connectivity index (χ3v) is 5.37. The average molecular weight is 286 g/mol. The molecule has 21 heavy (non-hydrogen) atoms. The van der Waals surface area contributed by atoms with Gasteiger partial charge in [-0.2, -0.15) is 0 Å². The number of aryl methyl sites for hydroxylation is 1. The van der Waals surface area contributed by atoms with E-state index in [2.05, 4.69) is 55.3 Å². The monoisotopic (exact) mass is 286 g/mol. The lowest BCUT2D eigenvalue weighted by atomic mass is 9.99. The second kappa shape index (κ2) is 5.13. The number of amides is 1. The highest BCUT2D eigenvalue weighted by atomic mass is 16.2. The molecular formula is C18H26N2O. The fourth-order valence-corrected chi connectivity index (χ4v) is 3.44. The fraction of sp³-hybridized carbons (Fsp3) is 0.611. The molecule has 2 fully saturated rings. The van der Waals surface area contributed by atoms with E-state index < -0.39 is 5.54 Å². The number of carbonyl (C=O) groups excluding carboxylic acids is 1. The highest BCUT2D eigenvalue weighted by molar-refractivity contribution is 5.89. The Balaban J connectivity index is 2.00. The summed E-state index contributed by atoms with van der Waals surface area (Å²) in [4.78, 5) is 15.1. The molecular weight excluding hydrogens is 260 g/mol. The van der Waals surface area contributed by atoms with Gasteiger partial charge in [0.15, 0.2) is 0 Å². The van der Waals surface area contributed by atoms with Gasteiger partial charge in [0, 0.05) is 6.04 Å². The number of benzene rings is 1. The number of hydrogen-bond acceptors (Lipinski definition) is 2. The minimum Gasteiger partial charge on any atom is -0.318 e. The van der Waals surface area contributed by atoms with E-state index in [9.17, 15) is 4.79 Å². The topological polar surface area (TPSA) is 32.3 Å². The van der Waals surface area contributed by atoms with Gasteiger partial charge in [0.25, 0.3) is 0 Å². The molecule has 3 heteroatoms. The van der Waals surface area contributed by atoms with Crippen LogP contribution in [-0.2, 0) is 4.79 Å². The van der Waals surface area contributed by atoms with Crippen molar-refractivity contribution in [2.24, 2.45) is 5.92 Å². The van der Waals surface area contributed by atoms with Crippen molar-refractivity contribution in [3.63, 3.8) is 0 Å². The molecule has 114 valence electrons. The standard InChI is InChI=1S/C18H26N2O/c1-5-18(4)17(21)20(13(3)14-10-11-14)16(19-18)15-9-7-6-8-12(15)2/h6-9,13-14,16,19H,5,10-11H2,1-4H3. The summed E-state index contributed by atoms with van der Waals surface area (Å²) < 4.78 is 0. The van der Waals surface area contributed by atoms with E-state index in [-0.39, 0.29) is 12.1 Å². The smallest absolute Gasteiger partial charge is 0.244 e. The summed E-state index contributed by atoms with van der Waals surface area (Å²) in [7, 11) is 0. The lowest BCUT2D eigenvalue weighted by Gasteiger charge is -2.31. The van der Waals surface area contributed by atoms with Gasteiger partial charge in [0.05, 0.1) is 5.54 Å². The minimum atomic E-state index is -0.434. The van der Waals surface area contributed by atoms with E-state index in [1.807, 2.05) is 6.92 Å². The van der Waals surface area contributed by atoms with Gasteiger partial charge in [0.1, 0.15) is 6.17 Å². The Morgan fingerprint density at radius 2 is 2.05 bits per heavy atom. The summed E-state index contributed by atoms with van der Waals surface area (Å²) >= 11 is 0. The molecule has 3 unspecified atom stereocenters. The van der Waals surface area contributed by atoms with E-state index in [0.29, 0.717) is 12.0 Å². The maximum absolute atomic E-state index is 13.0. The zero-order valence-corrected chi connectivity index (χ0v) is 13.5. The molecule has 1 saturated carbocycles. The van der Waals surface area contributed by atoms with Gasteiger partial charge >= 0.3 is 0 Å². The number of carbonyl (C=O) groups is 1. The van der Waals surface area contributed by atoms with Crippen LogP contribution in [0.5, 0.6) is 0 Å². The molecule has 1 N–H and O–H groups in total. The maximum atomic E-state index is 13.0. The van der Waals surface area contributed by atoms with Gasteiger partial charge in [-0.25, -0.2) is 0 Å². The Kier molecular flexibility index (Phi) is 3.56. The van der Waals surface area contributed by atoms with Crippen LogP contribution in [0.3, 0.4) is 0 Å². The molecule has 1 amide bonds. The third kappa shape index (κ3) is 2.38. The zero-order valence-electron chi connectivity index (χ0n) is 13.5. The van der Waals surface area contributed by atoms with Crippen LogP contribution in [-0.4, -0.2) is 22.4 Å². The van der Waals surface area contributed by atoms with Crippen molar-refractivity contribution in [1.29, 1.82) is 0 Å². The highest BCUT2D eigenvalue weighted by Gasteiger charge is 2.51. The molecule has 1 saturated heterocycles. The van der Waals surface area contributed by atoms with Crippen molar-refractivity contribution in [1.82, 2.24) is 10.2 Å². The number of rotatable bonds is 4. The van der Waals surface area contributed by atoms with Crippen LogP contribution in [0.1, 0.15) is 57.3 Å². The lowest BCUT2D eigenvalue weighted by Crippen LogP contribution is -2.44. The van der Waals surface area contributed by atoms with Crippen LogP contribution in [0.15, 0.2) is 24.3 Å². The zero-order chi connectivity index (χ0) is 15.2. The first-order chi connectivity index (χ1) is 9.98. The van der Waals surface area contributed by atoms with Crippen molar-refractivity contribution < 1.29 is 4.79 Å². The van der Waals surface area contributed by atoms with Crippen LogP contribution in [0.2, 0.25) is 0 Å². The summed E-state index contributed by atoms with van der Waals surface area (Å²) in [6.45, 7) is 8.47. The van der Waals surface area contributed by atoms with Crippen LogP contribution in [0.25, 0.3) is 0 Å². The maximum Gasteiger partial charge on any atom is 0.244 e. The normalized spacial score (nSPS) is 30.8. The summed E-state index contributed by atoms with van der Waals surface area (Å²) in [5.41, 5.74) is 2.04. The Bertz CT molecular complexity index is 552. The second-order valence-electron chi connectivity index (χ2n) is 6.88. The van der Waals surface area contributed by atoms with Gasteiger partial charge in [-0.15, -0.1) is 0 Å². The summed E-state index contributed by atoms with van der Waals surface area (Å²) in [6, 6.07) is 8.72. The molecule has 0 radical (unpaired) electrons. The number of hydrogen-bond donors (Lipinski definition) is 1. The number of nitrogens with one attached hydrogen (secondary N) is 1. The first-order valence-corrected chi connectivity index (χ1v) is 8.14. The fourth-order valence-electron chi connectivity index (χ4n) is 3.44. The molecule has 3 rings (SSSR count). The number of nitrogens with zero attached hydrogens (tertiary/aromatic N) is 1. The second-order valence-corrected chi connectivity index (χ2v) is 6.88. The van der Waals surface area contributed by atoms with Gasteiger partial charge in [-0.3, -0.25) is 10.1 Å². The quantitative estimate of drug-likeness (QED) is 0.920. The predicted molar refractivity (Wildman–Crippen MR) is 84.8 cm³/mol. The Labute approximate surface area is 127 Å². The summed E-state index contributed by atoms with van der Waals surface area (Å²) in [5.74, 6) is 0.944. The van der Waals surface area contributed by atoms with E-state index in [1.54, 1.807) is 0 Å². The van der Waals surface area contributed by atoms with Crippen molar-refractivity contribution in [3.8, 4) is 0 Å². The Morgan fingerprint density at radius 3 is 2.62 bits per heavy atom. The molecule has 3 atom stereocenters. The molecule has 1 aliphatic heterocycles. The van der Waals surface area contributed by atoms with Crippen molar-refractivity contribution >= 4 is 5.91 Å². The Hall–Kier alpha value is -1.35. The largest absolute Gasteiger partial charge is 0.318 e. The van der Waals surface area contributed by atoms with Crippen LogP contribution >= 0.6 is 0 Å². The first-order valence-electron chi connectivity index (χ1n) is 8.14. The van der Waals surface area contributed by atoms with Gasteiger partial charge < -0.3 is 4.90 Å². The predicted octanol–water partition coefficient (Wildman–Crippen LogP) is 3.39. The molecule has 1 aliphatic carbocycles. The van der Waals surface area contributed by atoms with E-state index in [0.717, 1.165) is 6.42 Å². The van der Waals surface area contributed by atoms with E-state index in [4.69, 9.17) is 0 Å². The SMILES string of the molecule is CCC1(C)NC(c2ccccc2C)N(C(C)C2CC2)C1=O. The van der Waals surface area contributed by atoms with Gasteiger partial charge in [-0.05, 0) is 57.1 Å². The van der Waals surface area contributed by atoms with E-state index in [1.165, 1.54) is 24.0 Å². The molecule has 0 spiro atoms. The molecule has 0 aromatic heterocycles. The third-order valence-electron chi connectivity index (χ3n) is 5.37. The molecule has 3 nitrogen and oxygen atoms in total. The minimum absolute atomic E-state index is 0.0132. The molecule has 1 heterocycles. The molecule has 1 aromatic carbocycles. The lowest BCUT2D eigenvalue weighted by molar-refractivity contribution is -0.135. The average Bonchev–Trinajstić information content (AvgIpc) is 3.27. The molecule has 2 aliphatic rings. The van der Waals surface area contributed by atoms with Crippen LogP contribution in [0.4, 0.5) is 0 Å².